The highest BCUT2D eigenvalue weighted by atomic mass is 127. The minimum Gasteiger partial charge on any atom is -0.310 e. The largest absolute Gasteiger partial charge is 0.416 e. The summed E-state index contributed by atoms with van der Waals surface area (Å²) >= 11 is 1.92. The fraction of sp³-hybridized carbons (Fsp3) is 0.455. The van der Waals surface area contributed by atoms with Crippen LogP contribution in [-0.2, 0) is 12.7 Å². The Bertz CT molecular complexity index is 385. The summed E-state index contributed by atoms with van der Waals surface area (Å²) in [7, 11) is 0. The monoisotopic (exact) mass is 341 g/mol. The van der Waals surface area contributed by atoms with E-state index in [1.54, 1.807) is 6.07 Å². The van der Waals surface area contributed by atoms with E-state index in [0.29, 0.717) is 21.7 Å². The van der Waals surface area contributed by atoms with E-state index in [9.17, 15) is 13.2 Å². The molecule has 16 heavy (non-hydrogen) atoms. The highest BCUT2D eigenvalue weighted by molar-refractivity contribution is 14.1. The lowest BCUT2D eigenvalue weighted by Crippen LogP contribution is -2.16. The average molecular weight is 341 g/mol. The lowest BCUT2D eigenvalue weighted by molar-refractivity contribution is -0.137. The summed E-state index contributed by atoms with van der Waals surface area (Å²) in [5, 5.41) is 3.21. The Morgan fingerprint density at radius 3 is 2.50 bits per heavy atom. The number of halogens is 4. The lowest BCUT2D eigenvalue weighted by Gasteiger charge is -2.10. The molecule has 0 amide bonds. The predicted molar refractivity (Wildman–Crippen MR) is 64.0 cm³/mol. The van der Waals surface area contributed by atoms with Crippen LogP contribution >= 0.6 is 22.6 Å². The first-order valence-electron chi connectivity index (χ1n) is 5.05. The van der Waals surface area contributed by atoms with Crippen molar-refractivity contribution in [3.8, 4) is 0 Å². The molecular weight excluding hydrogens is 330 g/mol. The number of benzene rings is 1. The van der Waals surface area contributed by atoms with Gasteiger partial charge in [-0.2, -0.15) is 13.2 Å². The van der Waals surface area contributed by atoms with Gasteiger partial charge in [-0.15, -0.1) is 0 Å². The highest BCUT2D eigenvalue weighted by Gasteiger charge is 2.31. The summed E-state index contributed by atoms with van der Waals surface area (Å²) in [5.74, 6) is 0. The van der Waals surface area contributed by atoms with E-state index in [2.05, 4.69) is 5.32 Å². The van der Waals surface area contributed by atoms with Gasteiger partial charge in [0.1, 0.15) is 0 Å². The number of alkyl halides is 3. The first-order chi connectivity index (χ1) is 7.45. The normalized spacial score (nSPS) is 16.5. The van der Waals surface area contributed by atoms with Crippen molar-refractivity contribution in [1.82, 2.24) is 5.32 Å². The van der Waals surface area contributed by atoms with Gasteiger partial charge >= 0.3 is 6.18 Å². The van der Waals surface area contributed by atoms with Crippen LogP contribution in [0, 0.1) is 3.57 Å². The van der Waals surface area contributed by atoms with E-state index in [1.165, 1.54) is 12.1 Å². The molecular formula is C11H11F3IN. The Morgan fingerprint density at radius 1 is 1.25 bits per heavy atom. The third-order valence-electron chi connectivity index (χ3n) is 2.46. The van der Waals surface area contributed by atoms with E-state index in [4.69, 9.17) is 0 Å². The molecule has 1 aromatic carbocycles. The van der Waals surface area contributed by atoms with Gasteiger partial charge in [0, 0.05) is 16.2 Å². The number of nitrogens with one attached hydrogen (secondary N) is 1. The molecule has 1 fully saturated rings. The van der Waals surface area contributed by atoms with Crippen LogP contribution in [0.2, 0.25) is 0 Å². The molecule has 1 N–H and O–H groups in total. The van der Waals surface area contributed by atoms with E-state index in [-0.39, 0.29) is 0 Å². The van der Waals surface area contributed by atoms with Crippen molar-refractivity contribution in [1.29, 1.82) is 0 Å². The average Bonchev–Trinajstić information content (AvgIpc) is 2.96. The molecule has 88 valence electrons. The maximum Gasteiger partial charge on any atom is 0.416 e. The highest BCUT2D eigenvalue weighted by Crippen LogP contribution is 2.31. The fourth-order valence-electron chi connectivity index (χ4n) is 1.47. The van der Waals surface area contributed by atoms with Crippen LogP contribution < -0.4 is 5.32 Å². The summed E-state index contributed by atoms with van der Waals surface area (Å²) in [6.07, 6.45) is -1.98. The molecule has 1 aliphatic rings. The Kier molecular flexibility index (Phi) is 3.44. The van der Waals surface area contributed by atoms with Crippen molar-refractivity contribution in [2.45, 2.75) is 31.6 Å². The molecule has 1 aromatic rings. The van der Waals surface area contributed by atoms with Crippen LogP contribution in [0.5, 0.6) is 0 Å². The molecule has 0 radical (unpaired) electrons. The molecule has 0 atom stereocenters. The van der Waals surface area contributed by atoms with Crippen LogP contribution in [0.4, 0.5) is 13.2 Å². The minimum atomic E-state index is -4.25. The summed E-state index contributed by atoms with van der Waals surface area (Å²) in [4.78, 5) is 0. The summed E-state index contributed by atoms with van der Waals surface area (Å²) in [6.45, 7) is 0.518. The van der Waals surface area contributed by atoms with Crippen LogP contribution in [0.25, 0.3) is 0 Å². The molecule has 2 rings (SSSR count). The molecule has 0 aromatic heterocycles. The van der Waals surface area contributed by atoms with Crippen molar-refractivity contribution in [2.24, 2.45) is 0 Å². The second-order valence-corrected chi connectivity index (χ2v) is 5.25. The Morgan fingerprint density at radius 2 is 1.94 bits per heavy atom. The number of hydrogen-bond donors (Lipinski definition) is 1. The quantitative estimate of drug-likeness (QED) is 0.829. The summed E-state index contributed by atoms with van der Waals surface area (Å²) in [5.41, 5.74) is 0.137. The van der Waals surface area contributed by atoms with Crippen molar-refractivity contribution in [3.05, 3.63) is 32.9 Å². The minimum absolute atomic E-state index is 0.507. The van der Waals surface area contributed by atoms with Crippen LogP contribution in [-0.4, -0.2) is 6.04 Å². The SMILES string of the molecule is FC(F)(F)c1cc(I)cc(CNC2CC2)c1. The second kappa shape index (κ2) is 4.52. The zero-order valence-corrected chi connectivity index (χ0v) is 10.6. The van der Waals surface area contributed by atoms with Gasteiger partial charge in [-0.05, 0) is 59.2 Å². The lowest BCUT2D eigenvalue weighted by atomic mass is 10.1. The van der Waals surface area contributed by atoms with Gasteiger partial charge in [0.05, 0.1) is 5.56 Å². The van der Waals surface area contributed by atoms with Crippen molar-refractivity contribution in [2.75, 3.05) is 0 Å². The number of rotatable bonds is 3. The first kappa shape index (κ1) is 12.2. The molecule has 0 heterocycles. The van der Waals surface area contributed by atoms with Crippen molar-refractivity contribution in [3.63, 3.8) is 0 Å². The molecule has 0 spiro atoms. The Labute approximate surface area is 106 Å². The standard InChI is InChI=1S/C11H11F3IN/c12-11(13,14)8-3-7(4-9(15)5-8)6-16-10-1-2-10/h3-5,10,16H,1-2,6H2. The maximum absolute atomic E-state index is 12.5. The van der Waals surface area contributed by atoms with E-state index < -0.39 is 11.7 Å². The summed E-state index contributed by atoms with van der Waals surface area (Å²) in [6, 6.07) is 4.68. The molecule has 0 aliphatic heterocycles. The third-order valence-corrected chi connectivity index (χ3v) is 3.08. The van der Waals surface area contributed by atoms with Gasteiger partial charge in [-0.1, -0.05) is 0 Å². The zero-order chi connectivity index (χ0) is 11.8. The smallest absolute Gasteiger partial charge is 0.310 e. The van der Waals surface area contributed by atoms with Crippen molar-refractivity contribution < 1.29 is 13.2 Å². The fourth-order valence-corrected chi connectivity index (χ4v) is 2.20. The van der Waals surface area contributed by atoms with E-state index in [1.807, 2.05) is 22.6 Å². The van der Waals surface area contributed by atoms with Gasteiger partial charge in [-0.3, -0.25) is 0 Å². The predicted octanol–water partition coefficient (Wildman–Crippen LogP) is 3.56. The van der Waals surface area contributed by atoms with Crippen LogP contribution in [0.3, 0.4) is 0 Å². The zero-order valence-electron chi connectivity index (χ0n) is 8.44. The maximum atomic E-state index is 12.5. The van der Waals surface area contributed by atoms with Crippen LogP contribution in [0.1, 0.15) is 24.0 Å². The molecule has 0 unspecified atom stereocenters. The summed E-state index contributed by atoms with van der Waals surface area (Å²) < 4.78 is 38.2. The van der Waals surface area contributed by atoms with Crippen molar-refractivity contribution >= 4 is 22.6 Å². The Balaban J connectivity index is 2.14. The number of hydrogen-bond acceptors (Lipinski definition) is 1. The van der Waals surface area contributed by atoms with Gasteiger partial charge in [-0.25, -0.2) is 0 Å². The molecule has 0 bridgehead atoms. The van der Waals surface area contributed by atoms with E-state index >= 15 is 0 Å². The first-order valence-corrected chi connectivity index (χ1v) is 6.13. The third kappa shape index (κ3) is 3.35. The van der Waals surface area contributed by atoms with Gasteiger partial charge in [0.15, 0.2) is 0 Å². The van der Waals surface area contributed by atoms with Gasteiger partial charge in [0.25, 0.3) is 0 Å². The van der Waals surface area contributed by atoms with Gasteiger partial charge in [0.2, 0.25) is 0 Å². The Hall–Kier alpha value is -0.300. The molecule has 0 saturated heterocycles. The molecule has 1 saturated carbocycles. The van der Waals surface area contributed by atoms with Gasteiger partial charge < -0.3 is 5.32 Å². The molecule has 5 heteroatoms. The molecule has 1 aliphatic carbocycles. The topological polar surface area (TPSA) is 12.0 Å². The van der Waals surface area contributed by atoms with Crippen LogP contribution in [0.15, 0.2) is 18.2 Å². The second-order valence-electron chi connectivity index (χ2n) is 4.00. The van der Waals surface area contributed by atoms with E-state index in [0.717, 1.165) is 12.8 Å². The molecule has 1 nitrogen and oxygen atoms in total.